The first-order valence-electron chi connectivity index (χ1n) is 6.90. The van der Waals surface area contributed by atoms with Crippen LogP contribution in [0.3, 0.4) is 0 Å². The monoisotopic (exact) mass is 290 g/mol. The van der Waals surface area contributed by atoms with E-state index in [2.05, 4.69) is 5.32 Å². The van der Waals surface area contributed by atoms with Crippen LogP contribution >= 0.6 is 0 Å². The highest BCUT2D eigenvalue weighted by Gasteiger charge is 2.39. The number of benzene rings is 1. The first kappa shape index (κ1) is 15.2. The van der Waals surface area contributed by atoms with Crippen LogP contribution in [0, 0.1) is 0 Å². The topological polar surface area (TPSA) is 86.7 Å². The molecule has 0 bridgehead atoms. The van der Waals surface area contributed by atoms with Gasteiger partial charge in [0.05, 0.1) is 17.8 Å². The number of hydrogen-bond acceptors (Lipinski definition) is 4. The van der Waals surface area contributed by atoms with Gasteiger partial charge < -0.3 is 5.11 Å². The van der Waals surface area contributed by atoms with E-state index in [1.165, 1.54) is 0 Å². The smallest absolute Gasteiger partial charge is 0.323 e. The van der Waals surface area contributed by atoms with Crippen molar-refractivity contribution >= 4 is 17.8 Å². The fourth-order valence-corrected chi connectivity index (χ4v) is 2.49. The van der Waals surface area contributed by atoms with Crippen LogP contribution in [0.1, 0.15) is 47.4 Å². The van der Waals surface area contributed by atoms with Gasteiger partial charge in [-0.2, -0.15) is 0 Å². The first-order valence-corrected chi connectivity index (χ1v) is 6.90. The maximum atomic E-state index is 12.2. The van der Waals surface area contributed by atoms with Crippen molar-refractivity contribution in [2.24, 2.45) is 0 Å². The Labute approximate surface area is 122 Å². The summed E-state index contributed by atoms with van der Waals surface area (Å²) in [4.78, 5) is 36.8. The Morgan fingerprint density at radius 2 is 1.62 bits per heavy atom. The first-order chi connectivity index (χ1) is 9.96. The standard InChI is InChI=1S/C15H18N2O4/c1-3-15(4-2,14(20)21)16-9-17-12(18)10-7-5-6-8-11(10)13(17)19/h5-8,16H,3-4,9H2,1-2H3,(H,20,21). The van der Waals surface area contributed by atoms with Gasteiger partial charge in [-0.25, -0.2) is 0 Å². The predicted octanol–water partition coefficient (Wildman–Crippen LogP) is 1.47. The van der Waals surface area contributed by atoms with Crippen molar-refractivity contribution in [3.05, 3.63) is 35.4 Å². The molecule has 2 rings (SSSR count). The molecule has 2 N–H and O–H groups in total. The molecule has 6 heteroatoms. The average Bonchev–Trinajstić information content (AvgIpc) is 2.73. The summed E-state index contributed by atoms with van der Waals surface area (Å²) in [6, 6.07) is 6.58. The van der Waals surface area contributed by atoms with E-state index >= 15 is 0 Å². The molecule has 0 spiro atoms. The molecule has 6 nitrogen and oxygen atoms in total. The van der Waals surface area contributed by atoms with Crippen molar-refractivity contribution < 1.29 is 19.5 Å². The Bertz CT molecular complexity index is 558. The van der Waals surface area contributed by atoms with Gasteiger partial charge in [0.15, 0.2) is 0 Å². The highest BCUT2D eigenvalue weighted by Crippen LogP contribution is 2.23. The van der Waals surface area contributed by atoms with Crippen LogP contribution < -0.4 is 5.32 Å². The third-order valence-electron chi connectivity index (χ3n) is 4.07. The number of carboxylic acids is 1. The quantitative estimate of drug-likeness (QED) is 0.775. The molecule has 1 aliphatic heterocycles. The van der Waals surface area contributed by atoms with Crippen LogP contribution in [0.15, 0.2) is 24.3 Å². The second-order valence-corrected chi connectivity index (χ2v) is 5.01. The number of amides is 2. The summed E-state index contributed by atoms with van der Waals surface area (Å²) in [7, 11) is 0. The third kappa shape index (κ3) is 2.42. The van der Waals surface area contributed by atoms with Gasteiger partial charge in [-0.15, -0.1) is 0 Å². The van der Waals surface area contributed by atoms with Gasteiger partial charge in [-0.3, -0.25) is 24.6 Å². The van der Waals surface area contributed by atoms with Crippen molar-refractivity contribution in [1.29, 1.82) is 0 Å². The lowest BCUT2D eigenvalue weighted by atomic mass is 9.93. The molecular formula is C15H18N2O4. The van der Waals surface area contributed by atoms with Crippen LogP contribution in [0.4, 0.5) is 0 Å². The summed E-state index contributed by atoms with van der Waals surface area (Å²) in [5, 5.41) is 12.2. The zero-order valence-corrected chi connectivity index (χ0v) is 12.0. The molecule has 0 radical (unpaired) electrons. The van der Waals surface area contributed by atoms with Gasteiger partial charge in [0.2, 0.25) is 0 Å². The summed E-state index contributed by atoms with van der Waals surface area (Å²) >= 11 is 0. The number of carbonyl (C=O) groups excluding carboxylic acids is 2. The normalized spacial score (nSPS) is 14.5. The summed E-state index contributed by atoms with van der Waals surface area (Å²) in [6.45, 7) is 3.40. The van der Waals surface area contributed by atoms with Crippen molar-refractivity contribution in [2.45, 2.75) is 32.2 Å². The van der Waals surface area contributed by atoms with E-state index in [1.54, 1.807) is 38.1 Å². The van der Waals surface area contributed by atoms with E-state index < -0.39 is 23.3 Å². The second-order valence-electron chi connectivity index (χ2n) is 5.01. The van der Waals surface area contributed by atoms with Gasteiger partial charge in [0.25, 0.3) is 11.8 Å². The molecule has 1 aromatic rings. The molecule has 1 aromatic carbocycles. The summed E-state index contributed by atoms with van der Waals surface area (Å²) in [5.41, 5.74) is -0.411. The lowest BCUT2D eigenvalue weighted by molar-refractivity contribution is -0.145. The fourth-order valence-electron chi connectivity index (χ4n) is 2.49. The van der Waals surface area contributed by atoms with Crippen LogP contribution in [0.2, 0.25) is 0 Å². The maximum Gasteiger partial charge on any atom is 0.323 e. The van der Waals surface area contributed by atoms with Gasteiger partial charge >= 0.3 is 5.97 Å². The van der Waals surface area contributed by atoms with Gasteiger partial charge in [-0.1, -0.05) is 26.0 Å². The number of fused-ring (bicyclic) bond motifs is 1. The van der Waals surface area contributed by atoms with Crippen LogP contribution in [-0.2, 0) is 4.79 Å². The van der Waals surface area contributed by atoms with Crippen molar-refractivity contribution in [3.63, 3.8) is 0 Å². The Kier molecular flexibility index (Phi) is 4.09. The number of carbonyl (C=O) groups is 3. The Balaban J connectivity index is 2.17. The Hall–Kier alpha value is -2.21. The molecule has 1 heterocycles. The molecule has 0 unspecified atom stereocenters. The average molecular weight is 290 g/mol. The number of carboxylic acid groups (broad SMARTS) is 1. The molecule has 0 aromatic heterocycles. The zero-order valence-electron chi connectivity index (χ0n) is 12.0. The van der Waals surface area contributed by atoms with E-state index in [-0.39, 0.29) is 6.67 Å². The summed E-state index contributed by atoms with van der Waals surface area (Å²) in [5.74, 6) is -1.77. The minimum Gasteiger partial charge on any atom is -0.480 e. The largest absolute Gasteiger partial charge is 0.480 e. The lowest BCUT2D eigenvalue weighted by Crippen LogP contribution is -2.55. The maximum absolute atomic E-state index is 12.2. The number of nitrogens with zero attached hydrogens (tertiary/aromatic N) is 1. The molecule has 21 heavy (non-hydrogen) atoms. The molecule has 0 aliphatic carbocycles. The Morgan fingerprint density at radius 1 is 1.14 bits per heavy atom. The van der Waals surface area contributed by atoms with E-state index in [0.717, 1.165) is 4.90 Å². The molecule has 112 valence electrons. The lowest BCUT2D eigenvalue weighted by Gasteiger charge is -2.30. The van der Waals surface area contributed by atoms with Crippen molar-refractivity contribution in [2.75, 3.05) is 6.67 Å². The fraction of sp³-hybridized carbons (Fsp3) is 0.400. The number of hydrogen-bond donors (Lipinski definition) is 2. The van der Waals surface area contributed by atoms with Gasteiger partial charge in [0.1, 0.15) is 5.54 Å². The summed E-state index contributed by atoms with van der Waals surface area (Å²) in [6.07, 6.45) is 0.726. The van der Waals surface area contributed by atoms with Crippen LogP contribution in [0.25, 0.3) is 0 Å². The van der Waals surface area contributed by atoms with Crippen LogP contribution in [0.5, 0.6) is 0 Å². The Morgan fingerprint density at radius 3 is 2.00 bits per heavy atom. The van der Waals surface area contributed by atoms with Gasteiger partial charge in [0, 0.05) is 0 Å². The highest BCUT2D eigenvalue weighted by atomic mass is 16.4. The SMILES string of the molecule is CCC(CC)(NCN1C(=O)c2ccccc2C1=O)C(=O)O. The molecular weight excluding hydrogens is 272 g/mol. The number of imide groups is 1. The van der Waals surface area contributed by atoms with E-state index in [9.17, 15) is 19.5 Å². The minimum absolute atomic E-state index is 0.111. The molecule has 0 atom stereocenters. The molecule has 0 saturated heterocycles. The second kappa shape index (κ2) is 5.65. The highest BCUT2D eigenvalue weighted by molar-refractivity contribution is 6.21. The number of nitrogens with one attached hydrogen (secondary N) is 1. The van der Waals surface area contributed by atoms with E-state index in [1.807, 2.05) is 0 Å². The molecule has 0 saturated carbocycles. The summed E-state index contributed by atoms with van der Waals surface area (Å²) < 4.78 is 0. The molecule has 1 aliphatic rings. The zero-order chi connectivity index (χ0) is 15.6. The molecule has 0 fully saturated rings. The van der Waals surface area contributed by atoms with E-state index in [4.69, 9.17) is 0 Å². The van der Waals surface area contributed by atoms with Crippen molar-refractivity contribution in [3.8, 4) is 0 Å². The van der Waals surface area contributed by atoms with E-state index in [0.29, 0.717) is 24.0 Å². The van der Waals surface area contributed by atoms with Crippen molar-refractivity contribution in [1.82, 2.24) is 10.2 Å². The van der Waals surface area contributed by atoms with Gasteiger partial charge in [-0.05, 0) is 25.0 Å². The molecule has 2 amide bonds. The third-order valence-corrected chi connectivity index (χ3v) is 4.07. The number of aliphatic carboxylic acids is 1. The van der Waals surface area contributed by atoms with Crippen LogP contribution in [-0.4, -0.2) is 40.0 Å². The minimum atomic E-state index is -1.13. The predicted molar refractivity (Wildman–Crippen MR) is 75.9 cm³/mol. The number of rotatable bonds is 6.